The summed E-state index contributed by atoms with van der Waals surface area (Å²) in [5.74, 6) is -0.434. The molecule has 4 aromatic carbocycles. The van der Waals surface area contributed by atoms with Crippen molar-refractivity contribution >= 4 is 11.9 Å². The first kappa shape index (κ1) is 35.1. The van der Waals surface area contributed by atoms with Gasteiger partial charge in [0, 0.05) is 24.9 Å². The van der Waals surface area contributed by atoms with Crippen LogP contribution in [0.4, 0.5) is 0 Å². The molecule has 0 spiro atoms. The highest BCUT2D eigenvalue weighted by Gasteiger charge is 2.43. The van der Waals surface area contributed by atoms with Gasteiger partial charge in [-0.1, -0.05) is 149 Å². The Hall–Kier alpha value is -4.22. The molecule has 4 aromatic rings. The van der Waals surface area contributed by atoms with Crippen LogP contribution < -0.4 is 0 Å². The molecule has 0 aliphatic heterocycles. The first-order chi connectivity index (χ1) is 23.3. The van der Waals surface area contributed by atoms with Crippen molar-refractivity contribution in [3.8, 4) is 0 Å². The van der Waals surface area contributed by atoms with E-state index in [1.165, 1.54) is 5.56 Å². The van der Waals surface area contributed by atoms with Gasteiger partial charge in [0.15, 0.2) is 0 Å². The third-order valence-corrected chi connectivity index (χ3v) is 10.2. The largest absolute Gasteiger partial charge is 0.465 e. The molecule has 0 amide bonds. The SMILES string of the molecule is CCOC(=O)[C@H]([C@@H](CC(=O)O[C@@H]1C[C@H](C)CC[C@H]1C(C)(C)c1ccccc1)c1ccccc1)N(Cc1ccccc1)Cc1ccccc1. The van der Waals surface area contributed by atoms with Gasteiger partial charge in [-0.2, -0.15) is 0 Å². The number of carbonyl (C=O) groups is 2. The van der Waals surface area contributed by atoms with Crippen molar-refractivity contribution in [3.63, 3.8) is 0 Å². The van der Waals surface area contributed by atoms with Gasteiger partial charge in [0.2, 0.25) is 0 Å². The Morgan fingerprint density at radius 2 is 1.29 bits per heavy atom. The molecule has 1 aliphatic carbocycles. The summed E-state index contributed by atoms with van der Waals surface area (Å²) in [5, 5.41) is 0. The number of esters is 2. The summed E-state index contributed by atoms with van der Waals surface area (Å²) >= 11 is 0. The van der Waals surface area contributed by atoms with Gasteiger partial charge in [-0.25, -0.2) is 0 Å². The monoisotopic (exact) mass is 645 g/mol. The summed E-state index contributed by atoms with van der Waals surface area (Å²) in [4.78, 5) is 30.5. The summed E-state index contributed by atoms with van der Waals surface area (Å²) in [6.45, 7) is 9.93. The third kappa shape index (κ3) is 9.02. The molecule has 0 bridgehead atoms. The van der Waals surface area contributed by atoms with Gasteiger partial charge in [-0.05, 0) is 53.4 Å². The van der Waals surface area contributed by atoms with Crippen molar-refractivity contribution in [2.75, 3.05) is 6.61 Å². The average Bonchev–Trinajstić information content (AvgIpc) is 3.09. The lowest BCUT2D eigenvalue weighted by atomic mass is 9.64. The maximum atomic E-state index is 14.2. The second-order valence-corrected chi connectivity index (χ2v) is 13.9. The topological polar surface area (TPSA) is 55.8 Å². The summed E-state index contributed by atoms with van der Waals surface area (Å²) in [7, 11) is 0. The smallest absolute Gasteiger partial charge is 0.324 e. The van der Waals surface area contributed by atoms with Crippen molar-refractivity contribution in [2.24, 2.45) is 11.8 Å². The van der Waals surface area contributed by atoms with Crippen LogP contribution in [-0.2, 0) is 37.6 Å². The summed E-state index contributed by atoms with van der Waals surface area (Å²) in [5.41, 5.74) is 4.17. The Balaban J connectivity index is 1.49. The fourth-order valence-electron chi connectivity index (χ4n) is 7.56. The third-order valence-electron chi connectivity index (χ3n) is 10.2. The van der Waals surface area contributed by atoms with E-state index in [4.69, 9.17) is 9.47 Å². The minimum atomic E-state index is -0.720. The van der Waals surface area contributed by atoms with Crippen LogP contribution in [0.3, 0.4) is 0 Å². The number of benzene rings is 4. The molecule has 1 fully saturated rings. The molecule has 1 saturated carbocycles. The van der Waals surface area contributed by atoms with Crippen LogP contribution in [0.5, 0.6) is 0 Å². The van der Waals surface area contributed by atoms with E-state index in [-0.39, 0.29) is 42.4 Å². The molecule has 0 heterocycles. The predicted molar refractivity (Wildman–Crippen MR) is 192 cm³/mol. The molecule has 5 rings (SSSR count). The quantitative estimate of drug-likeness (QED) is 0.128. The van der Waals surface area contributed by atoms with E-state index >= 15 is 0 Å². The van der Waals surface area contributed by atoms with Gasteiger partial charge < -0.3 is 9.47 Å². The zero-order chi connectivity index (χ0) is 33.9. The number of hydrogen-bond acceptors (Lipinski definition) is 5. The molecule has 5 heteroatoms. The van der Waals surface area contributed by atoms with Crippen LogP contribution in [-0.4, -0.2) is 35.6 Å². The lowest BCUT2D eigenvalue weighted by Crippen LogP contribution is -2.47. The Morgan fingerprint density at radius 3 is 1.83 bits per heavy atom. The Kier molecular flexibility index (Phi) is 12.2. The van der Waals surface area contributed by atoms with Crippen LogP contribution in [0.2, 0.25) is 0 Å². The Morgan fingerprint density at radius 1 is 0.771 bits per heavy atom. The molecule has 0 aromatic heterocycles. The van der Waals surface area contributed by atoms with Gasteiger partial charge in [0.25, 0.3) is 0 Å². The van der Waals surface area contributed by atoms with E-state index in [1.807, 2.05) is 79.7 Å². The second-order valence-electron chi connectivity index (χ2n) is 13.9. The standard InChI is InChI=1S/C43H51NO4/c1-5-47-42(46)41(44(30-33-18-10-6-11-19-33)31-34-20-12-7-13-21-34)37(35-22-14-8-15-23-35)29-40(45)48-39-28-32(2)26-27-38(39)43(3,4)36-24-16-9-17-25-36/h6-25,32,37-39,41H,5,26-31H2,1-4H3/t32-,37+,38-,39-,41+/m1/s1. The summed E-state index contributed by atoms with van der Waals surface area (Å²) < 4.78 is 12.3. The van der Waals surface area contributed by atoms with E-state index in [9.17, 15) is 9.59 Å². The molecule has 0 N–H and O–H groups in total. The van der Waals surface area contributed by atoms with Crippen LogP contribution in [0.1, 0.15) is 81.5 Å². The average molecular weight is 646 g/mol. The molecule has 0 saturated heterocycles. The zero-order valence-electron chi connectivity index (χ0n) is 29.0. The highest BCUT2D eigenvalue weighted by molar-refractivity contribution is 5.80. The van der Waals surface area contributed by atoms with Crippen molar-refractivity contribution in [1.82, 2.24) is 4.90 Å². The normalized spacial score (nSPS) is 19.3. The van der Waals surface area contributed by atoms with Crippen molar-refractivity contribution in [3.05, 3.63) is 144 Å². The maximum absolute atomic E-state index is 14.2. The molecule has 1 aliphatic rings. The number of hydrogen-bond donors (Lipinski definition) is 0. The van der Waals surface area contributed by atoms with E-state index in [0.29, 0.717) is 19.0 Å². The van der Waals surface area contributed by atoms with E-state index in [0.717, 1.165) is 36.0 Å². The van der Waals surface area contributed by atoms with Crippen molar-refractivity contribution < 1.29 is 19.1 Å². The van der Waals surface area contributed by atoms with Crippen LogP contribution in [0.15, 0.2) is 121 Å². The Bertz CT molecular complexity index is 1520. The molecular weight excluding hydrogens is 594 g/mol. The minimum absolute atomic E-state index is 0.0664. The lowest BCUT2D eigenvalue weighted by molar-refractivity contribution is -0.159. The zero-order valence-corrected chi connectivity index (χ0v) is 29.0. The van der Waals surface area contributed by atoms with Gasteiger partial charge in [-0.15, -0.1) is 0 Å². The van der Waals surface area contributed by atoms with Crippen LogP contribution >= 0.6 is 0 Å². The summed E-state index contributed by atoms with van der Waals surface area (Å²) in [6.07, 6.45) is 2.80. The van der Waals surface area contributed by atoms with Crippen LogP contribution in [0.25, 0.3) is 0 Å². The van der Waals surface area contributed by atoms with Crippen LogP contribution in [0, 0.1) is 11.8 Å². The molecule has 48 heavy (non-hydrogen) atoms. The first-order valence-corrected chi connectivity index (χ1v) is 17.5. The van der Waals surface area contributed by atoms with E-state index < -0.39 is 12.0 Å². The highest BCUT2D eigenvalue weighted by atomic mass is 16.5. The maximum Gasteiger partial charge on any atom is 0.324 e. The lowest BCUT2D eigenvalue weighted by Gasteiger charge is -2.44. The van der Waals surface area contributed by atoms with Crippen molar-refractivity contribution in [1.29, 1.82) is 0 Å². The van der Waals surface area contributed by atoms with Gasteiger partial charge in [0.1, 0.15) is 12.1 Å². The molecule has 0 unspecified atom stereocenters. The fraction of sp³-hybridized carbons (Fsp3) is 0.395. The van der Waals surface area contributed by atoms with E-state index in [1.54, 1.807) is 0 Å². The van der Waals surface area contributed by atoms with Gasteiger partial charge >= 0.3 is 11.9 Å². The van der Waals surface area contributed by atoms with Gasteiger partial charge in [0.05, 0.1) is 13.0 Å². The fourth-order valence-corrected chi connectivity index (χ4v) is 7.56. The van der Waals surface area contributed by atoms with Gasteiger partial charge in [-0.3, -0.25) is 14.5 Å². The number of ether oxygens (including phenoxy) is 2. The number of rotatable bonds is 14. The van der Waals surface area contributed by atoms with Crippen molar-refractivity contribution in [2.45, 2.75) is 89.9 Å². The first-order valence-electron chi connectivity index (χ1n) is 17.5. The molecular formula is C43H51NO4. The summed E-state index contributed by atoms with van der Waals surface area (Å²) in [6, 6.07) is 40.1. The Labute approximate surface area is 287 Å². The predicted octanol–water partition coefficient (Wildman–Crippen LogP) is 9.12. The second kappa shape index (κ2) is 16.7. The molecule has 5 nitrogen and oxygen atoms in total. The molecule has 0 radical (unpaired) electrons. The molecule has 252 valence electrons. The molecule has 5 atom stereocenters. The van der Waals surface area contributed by atoms with E-state index in [2.05, 4.69) is 74.2 Å². The number of nitrogens with zero attached hydrogens (tertiary/aromatic N) is 1. The highest BCUT2D eigenvalue weighted by Crippen LogP contribution is 2.44. The number of carbonyl (C=O) groups excluding carboxylic acids is 2. The minimum Gasteiger partial charge on any atom is -0.465 e.